The number of carbonyl (C=O) groups excluding carboxylic acids is 2. The van der Waals surface area contributed by atoms with E-state index in [2.05, 4.69) is 35.8 Å². The van der Waals surface area contributed by atoms with E-state index in [1.807, 2.05) is 37.3 Å². The number of esters is 1. The summed E-state index contributed by atoms with van der Waals surface area (Å²) in [6.07, 6.45) is 0.784. The maximum Gasteiger partial charge on any atom is 0.311 e. The van der Waals surface area contributed by atoms with Crippen molar-refractivity contribution in [3.63, 3.8) is 0 Å². The Morgan fingerprint density at radius 3 is 2.28 bits per heavy atom. The molecule has 3 aromatic rings. The molecule has 3 aromatic carbocycles. The maximum atomic E-state index is 12.6. The summed E-state index contributed by atoms with van der Waals surface area (Å²) >= 11 is 3.54. The number of halogens is 1. The van der Waals surface area contributed by atoms with Crippen molar-refractivity contribution in [1.29, 1.82) is 0 Å². The van der Waals surface area contributed by atoms with Gasteiger partial charge in [-0.2, -0.15) is 0 Å². The SMILES string of the molecule is Cc1cc(C(=O)c2ccccc2)ccc1OC(=O)CCCOc1ccc(C(C)C)cc1Br. The van der Waals surface area contributed by atoms with Gasteiger partial charge in [-0.15, -0.1) is 0 Å². The van der Waals surface area contributed by atoms with Gasteiger partial charge in [-0.1, -0.05) is 50.2 Å². The maximum absolute atomic E-state index is 12.6. The predicted molar refractivity (Wildman–Crippen MR) is 130 cm³/mol. The van der Waals surface area contributed by atoms with Crippen LogP contribution in [-0.4, -0.2) is 18.4 Å². The summed E-state index contributed by atoms with van der Waals surface area (Å²) < 4.78 is 12.2. The van der Waals surface area contributed by atoms with Gasteiger partial charge in [-0.05, 0) is 76.7 Å². The predicted octanol–water partition coefficient (Wildman–Crippen LogP) is 6.88. The van der Waals surface area contributed by atoms with Gasteiger partial charge in [0.1, 0.15) is 11.5 Å². The summed E-state index contributed by atoms with van der Waals surface area (Å²) in [6, 6.07) is 20.3. The molecule has 0 N–H and O–H groups in total. The van der Waals surface area contributed by atoms with E-state index in [4.69, 9.17) is 9.47 Å². The van der Waals surface area contributed by atoms with E-state index in [1.165, 1.54) is 5.56 Å². The van der Waals surface area contributed by atoms with Crippen molar-refractivity contribution in [1.82, 2.24) is 0 Å². The normalized spacial score (nSPS) is 10.8. The van der Waals surface area contributed by atoms with Crippen molar-refractivity contribution in [3.05, 3.63) is 93.5 Å². The lowest BCUT2D eigenvalue weighted by Gasteiger charge is -2.12. The molecule has 0 saturated carbocycles. The molecular formula is C27H27BrO4. The number of benzene rings is 3. The van der Waals surface area contributed by atoms with Crippen LogP contribution in [0.1, 0.15) is 59.7 Å². The zero-order valence-electron chi connectivity index (χ0n) is 18.6. The van der Waals surface area contributed by atoms with Gasteiger partial charge in [0.15, 0.2) is 5.78 Å². The van der Waals surface area contributed by atoms with Crippen LogP contribution in [0.2, 0.25) is 0 Å². The lowest BCUT2D eigenvalue weighted by Crippen LogP contribution is -2.11. The fourth-order valence-electron chi connectivity index (χ4n) is 3.23. The van der Waals surface area contributed by atoms with Crippen LogP contribution in [0.3, 0.4) is 0 Å². The Morgan fingerprint density at radius 1 is 0.906 bits per heavy atom. The molecule has 0 fully saturated rings. The van der Waals surface area contributed by atoms with Crippen molar-refractivity contribution in [2.45, 2.75) is 39.5 Å². The second-order valence-electron chi connectivity index (χ2n) is 7.95. The molecule has 0 saturated heterocycles. The highest BCUT2D eigenvalue weighted by atomic mass is 79.9. The Bertz CT molecular complexity index is 1090. The number of hydrogen-bond acceptors (Lipinski definition) is 4. The summed E-state index contributed by atoms with van der Waals surface area (Å²) in [7, 11) is 0. The molecule has 4 nitrogen and oxygen atoms in total. The molecule has 0 aliphatic rings. The number of hydrogen-bond donors (Lipinski definition) is 0. The number of aryl methyl sites for hydroxylation is 1. The zero-order valence-corrected chi connectivity index (χ0v) is 20.1. The Balaban J connectivity index is 1.49. The van der Waals surface area contributed by atoms with Crippen molar-refractivity contribution in [2.24, 2.45) is 0 Å². The molecule has 0 heterocycles. The minimum Gasteiger partial charge on any atom is -0.492 e. The van der Waals surface area contributed by atoms with E-state index in [9.17, 15) is 9.59 Å². The topological polar surface area (TPSA) is 52.6 Å². The van der Waals surface area contributed by atoms with Gasteiger partial charge in [0.2, 0.25) is 0 Å². The first-order valence-corrected chi connectivity index (χ1v) is 11.5. The highest BCUT2D eigenvalue weighted by molar-refractivity contribution is 9.10. The minimum atomic E-state index is -0.326. The molecule has 0 atom stereocenters. The fraction of sp³-hybridized carbons (Fsp3) is 0.259. The third-order valence-corrected chi connectivity index (χ3v) is 5.72. The van der Waals surface area contributed by atoms with E-state index in [0.717, 1.165) is 15.8 Å². The third kappa shape index (κ3) is 6.30. The smallest absolute Gasteiger partial charge is 0.311 e. The molecule has 5 heteroatoms. The van der Waals surface area contributed by atoms with Crippen LogP contribution >= 0.6 is 15.9 Å². The summed E-state index contributed by atoms with van der Waals surface area (Å²) in [4.78, 5) is 24.8. The van der Waals surface area contributed by atoms with Gasteiger partial charge in [-0.3, -0.25) is 9.59 Å². The molecule has 3 rings (SSSR count). The molecule has 0 aliphatic carbocycles. The number of carbonyl (C=O) groups is 2. The summed E-state index contributed by atoms with van der Waals surface area (Å²) in [5.41, 5.74) is 3.17. The van der Waals surface area contributed by atoms with Crippen molar-refractivity contribution < 1.29 is 19.1 Å². The van der Waals surface area contributed by atoms with Crippen LogP contribution in [0, 0.1) is 6.92 Å². The fourth-order valence-corrected chi connectivity index (χ4v) is 3.74. The third-order valence-electron chi connectivity index (χ3n) is 5.10. The lowest BCUT2D eigenvalue weighted by atomic mass is 10.0. The minimum absolute atomic E-state index is 0.0590. The van der Waals surface area contributed by atoms with Gasteiger partial charge in [0, 0.05) is 17.5 Å². The van der Waals surface area contributed by atoms with Crippen molar-refractivity contribution in [3.8, 4) is 11.5 Å². The van der Waals surface area contributed by atoms with Crippen LogP contribution in [0.25, 0.3) is 0 Å². The molecule has 0 radical (unpaired) electrons. The summed E-state index contributed by atoms with van der Waals surface area (Å²) in [5, 5.41) is 0. The monoisotopic (exact) mass is 494 g/mol. The Morgan fingerprint density at radius 2 is 1.62 bits per heavy atom. The zero-order chi connectivity index (χ0) is 23.1. The van der Waals surface area contributed by atoms with E-state index in [-0.39, 0.29) is 18.2 Å². The molecule has 0 aromatic heterocycles. The average molecular weight is 495 g/mol. The van der Waals surface area contributed by atoms with Crippen LogP contribution in [0.5, 0.6) is 11.5 Å². The van der Waals surface area contributed by atoms with Gasteiger partial charge in [0.25, 0.3) is 0 Å². The van der Waals surface area contributed by atoms with E-state index in [1.54, 1.807) is 30.3 Å². The first-order valence-electron chi connectivity index (χ1n) is 10.7. The van der Waals surface area contributed by atoms with Crippen LogP contribution in [0.4, 0.5) is 0 Å². The van der Waals surface area contributed by atoms with Gasteiger partial charge in [-0.25, -0.2) is 0 Å². The number of rotatable bonds is 9. The van der Waals surface area contributed by atoms with Gasteiger partial charge >= 0.3 is 5.97 Å². The summed E-state index contributed by atoms with van der Waals surface area (Å²) in [5.74, 6) is 1.29. The van der Waals surface area contributed by atoms with Crippen LogP contribution in [0.15, 0.2) is 71.2 Å². The molecular weight excluding hydrogens is 468 g/mol. The molecule has 0 amide bonds. The van der Waals surface area contributed by atoms with Crippen molar-refractivity contribution in [2.75, 3.05) is 6.61 Å². The molecule has 32 heavy (non-hydrogen) atoms. The average Bonchev–Trinajstić information content (AvgIpc) is 2.79. The van der Waals surface area contributed by atoms with Crippen molar-refractivity contribution >= 4 is 27.7 Å². The van der Waals surface area contributed by atoms with E-state index in [0.29, 0.717) is 35.8 Å². The standard InChI is InChI=1S/C27H27BrO4/c1-18(2)21-11-14-25(23(28)17-21)31-15-7-10-26(29)32-24-13-12-22(16-19(24)3)27(30)20-8-5-4-6-9-20/h4-6,8-9,11-14,16-18H,7,10,15H2,1-3H3. The van der Waals surface area contributed by atoms with Gasteiger partial charge < -0.3 is 9.47 Å². The number of ketones is 1. The van der Waals surface area contributed by atoms with Crippen LogP contribution < -0.4 is 9.47 Å². The first kappa shape index (κ1) is 23.7. The second-order valence-corrected chi connectivity index (χ2v) is 8.80. The lowest BCUT2D eigenvalue weighted by molar-refractivity contribution is -0.134. The number of ether oxygens (including phenoxy) is 2. The summed E-state index contributed by atoms with van der Waals surface area (Å²) in [6.45, 7) is 6.53. The van der Waals surface area contributed by atoms with E-state index >= 15 is 0 Å². The Kier molecular flexibility index (Phi) is 8.23. The highest BCUT2D eigenvalue weighted by Crippen LogP contribution is 2.29. The second kappa shape index (κ2) is 11.1. The van der Waals surface area contributed by atoms with E-state index < -0.39 is 0 Å². The molecule has 0 unspecified atom stereocenters. The highest BCUT2D eigenvalue weighted by Gasteiger charge is 2.13. The largest absolute Gasteiger partial charge is 0.492 e. The first-order chi connectivity index (χ1) is 15.3. The molecule has 0 bridgehead atoms. The Hall–Kier alpha value is -2.92. The molecule has 0 spiro atoms. The molecule has 0 aliphatic heterocycles. The van der Waals surface area contributed by atoms with Gasteiger partial charge in [0.05, 0.1) is 11.1 Å². The van der Waals surface area contributed by atoms with Crippen LogP contribution in [-0.2, 0) is 4.79 Å². The Labute approximate surface area is 197 Å². The quantitative estimate of drug-likeness (QED) is 0.141. The molecule has 166 valence electrons.